The van der Waals surface area contributed by atoms with Gasteiger partial charge in [-0.25, -0.2) is 9.59 Å². The van der Waals surface area contributed by atoms with E-state index in [1.54, 1.807) is 17.0 Å². The number of aliphatic hydroxyl groups is 1. The predicted octanol–water partition coefficient (Wildman–Crippen LogP) is 4.60. The topological polar surface area (TPSA) is 96.3 Å². The SMILES string of the molecule is CCCCCC(O)c1ccc(N2C(=O)OC[C@@H]2COCc2ccc(C(=O)O)s2)cc1.[Y]. The summed E-state index contributed by atoms with van der Waals surface area (Å²) in [7, 11) is 0. The van der Waals surface area contributed by atoms with E-state index in [4.69, 9.17) is 14.6 Å². The first-order chi connectivity index (χ1) is 14.5. The molecule has 3 rings (SSSR count). The summed E-state index contributed by atoms with van der Waals surface area (Å²) in [5.41, 5.74) is 1.53. The maximum atomic E-state index is 12.2. The van der Waals surface area contributed by atoms with Crippen molar-refractivity contribution in [3.8, 4) is 0 Å². The van der Waals surface area contributed by atoms with Crippen LogP contribution in [0.4, 0.5) is 10.5 Å². The van der Waals surface area contributed by atoms with Crippen LogP contribution in [0.15, 0.2) is 36.4 Å². The molecule has 2 aromatic rings. The van der Waals surface area contributed by atoms with E-state index in [9.17, 15) is 14.7 Å². The maximum Gasteiger partial charge on any atom is 0.414 e. The Bertz CT molecular complexity index is 856. The van der Waals surface area contributed by atoms with Crippen LogP contribution in [-0.4, -0.2) is 41.5 Å². The molecule has 2 heterocycles. The monoisotopic (exact) mass is 522 g/mol. The zero-order valence-corrected chi connectivity index (χ0v) is 21.2. The molecule has 9 heteroatoms. The summed E-state index contributed by atoms with van der Waals surface area (Å²) in [4.78, 5) is 25.8. The van der Waals surface area contributed by atoms with Gasteiger partial charge in [-0.2, -0.15) is 0 Å². The number of unbranched alkanes of at least 4 members (excludes halogenated alkanes) is 2. The molecule has 7 nitrogen and oxygen atoms in total. The van der Waals surface area contributed by atoms with Crippen molar-refractivity contribution in [3.63, 3.8) is 0 Å². The van der Waals surface area contributed by atoms with Gasteiger partial charge in [-0.3, -0.25) is 4.90 Å². The van der Waals surface area contributed by atoms with Crippen LogP contribution in [0.2, 0.25) is 0 Å². The number of cyclic esters (lactones) is 1. The molecule has 1 aliphatic rings. The molecule has 1 saturated heterocycles. The summed E-state index contributed by atoms with van der Waals surface area (Å²) in [5.74, 6) is -0.953. The molecule has 2 atom stereocenters. The van der Waals surface area contributed by atoms with Gasteiger partial charge < -0.3 is 19.7 Å². The Balaban J connectivity index is 0.00000341. The number of hydrogen-bond acceptors (Lipinski definition) is 6. The summed E-state index contributed by atoms with van der Waals surface area (Å²) in [5, 5.41) is 19.3. The number of aliphatic hydroxyl groups excluding tert-OH is 1. The first-order valence-electron chi connectivity index (χ1n) is 10.1. The zero-order chi connectivity index (χ0) is 21.5. The number of benzene rings is 1. The molecular weight excluding hydrogens is 495 g/mol. The second-order valence-electron chi connectivity index (χ2n) is 7.29. The third kappa shape index (κ3) is 7.09. The van der Waals surface area contributed by atoms with E-state index >= 15 is 0 Å². The van der Waals surface area contributed by atoms with Gasteiger partial charge >= 0.3 is 12.1 Å². The van der Waals surface area contributed by atoms with Gasteiger partial charge in [-0.05, 0) is 36.2 Å². The standard InChI is InChI=1S/C22H27NO6S.Y/c1-2-3-4-5-19(24)15-6-8-16(9-7-15)23-17(13-29-22(23)27)12-28-14-18-10-11-20(30-18)21(25)26;/h6-11,17,19,24H,2-5,12-14H2,1H3,(H,25,26);/t17-,19?;/m0./s1. The van der Waals surface area contributed by atoms with Crippen LogP contribution in [0.5, 0.6) is 0 Å². The Kier molecular flexibility index (Phi) is 10.6. The molecule has 2 N–H and O–H groups in total. The van der Waals surface area contributed by atoms with Gasteiger partial charge in [-0.15, -0.1) is 11.3 Å². The summed E-state index contributed by atoms with van der Waals surface area (Å²) in [6.45, 7) is 2.90. The van der Waals surface area contributed by atoms with Crippen LogP contribution < -0.4 is 4.90 Å². The average molecular weight is 522 g/mol. The molecule has 165 valence electrons. The Morgan fingerprint density at radius 2 is 2.00 bits per heavy atom. The van der Waals surface area contributed by atoms with Crippen molar-refractivity contribution in [1.82, 2.24) is 0 Å². The number of carboxylic acid groups (broad SMARTS) is 1. The van der Waals surface area contributed by atoms with Crippen LogP contribution in [0.3, 0.4) is 0 Å². The zero-order valence-electron chi connectivity index (χ0n) is 17.5. The number of carboxylic acids is 1. The predicted molar refractivity (Wildman–Crippen MR) is 114 cm³/mol. The largest absolute Gasteiger partial charge is 0.477 e. The van der Waals surface area contributed by atoms with Crippen LogP contribution in [-0.2, 0) is 48.8 Å². The van der Waals surface area contributed by atoms with E-state index < -0.39 is 18.2 Å². The van der Waals surface area contributed by atoms with Gasteiger partial charge in [0.05, 0.1) is 25.4 Å². The molecule has 1 amide bonds. The summed E-state index contributed by atoms with van der Waals surface area (Å²) in [6, 6.07) is 10.3. The molecular formula is C22H27NO6SY. The van der Waals surface area contributed by atoms with E-state index in [-0.39, 0.29) is 63.4 Å². The molecule has 1 radical (unpaired) electrons. The number of rotatable bonds is 11. The first-order valence-corrected chi connectivity index (χ1v) is 10.9. The van der Waals surface area contributed by atoms with Crippen molar-refractivity contribution in [3.05, 3.63) is 51.7 Å². The molecule has 1 aliphatic heterocycles. The Morgan fingerprint density at radius 3 is 2.65 bits per heavy atom. The van der Waals surface area contributed by atoms with Crippen molar-refractivity contribution in [2.24, 2.45) is 0 Å². The fourth-order valence-electron chi connectivity index (χ4n) is 3.38. The van der Waals surface area contributed by atoms with E-state index in [0.717, 1.165) is 36.1 Å². The molecule has 0 spiro atoms. The Hall–Kier alpha value is -1.32. The Labute approximate surface area is 211 Å². The summed E-state index contributed by atoms with van der Waals surface area (Å²) in [6.07, 6.45) is 2.98. The minimum Gasteiger partial charge on any atom is -0.477 e. The van der Waals surface area contributed by atoms with Crippen LogP contribution in [0.1, 0.15) is 58.8 Å². The molecule has 1 unspecified atom stereocenters. The van der Waals surface area contributed by atoms with Gasteiger partial charge in [-0.1, -0.05) is 38.3 Å². The number of anilines is 1. The third-order valence-electron chi connectivity index (χ3n) is 5.03. The molecule has 1 aromatic carbocycles. The van der Waals surface area contributed by atoms with E-state index in [2.05, 4.69) is 6.92 Å². The van der Waals surface area contributed by atoms with Gasteiger partial charge in [0.25, 0.3) is 0 Å². The molecule has 31 heavy (non-hydrogen) atoms. The quantitative estimate of drug-likeness (QED) is 0.419. The molecule has 0 saturated carbocycles. The van der Waals surface area contributed by atoms with Gasteiger partial charge in [0.2, 0.25) is 0 Å². The minimum atomic E-state index is -0.953. The van der Waals surface area contributed by atoms with Crippen molar-refractivity contribution in [2.45, 2.75) is 51.4 Å². The summed E-state index contributed by atoms with van der Waals surface area (Å²) < 4.78 is 10.9. The van der Waals surface area contributed by atoms with Crippen LogP contribution in [0.25, 0.3) is 0 Å². The molecule has 0 aliphatic carbocycles. The molecule has 1 fully saturated rings. The number of amides is 1. The van der Waals surface area contributed by atoms with Gasteiger partial charge in [0.1, 0.15) is 11.5 Å². The number of carbonyl (C=O) groups is 2. The van der Waals surface area contributed by atoms with E-state index in [1.165, 1.54) is 11.3 Å². The molecule has 1 aromatic heterocycles. The average Bonchev–Trinajstić information content (AvgIpc) is 3.35. The number of aromatic carboxylic acids is 1. The van der Waals surface area contributed by atoms with Crippen molar-refractivity contribution >= 4 is 29.1 Å². The number of ether oxygens (including phenoxy) is 2. The van der Waals surface area contributed by atoms with Crippen molar-refractivity contribution in [2.75, 3.05) is 18.1 Å². The second-order valence-corrected chi connectivity index (χ2v) is 8.46. The number of hydrogen-bond donors (Lipinski definition) is 2. The maximum absolute atomic E-state index is 12.2. The smallest absolute Gasteiger partial charge is 0.414 e. The van der Waals surface area contributed by atoms with Crippen molar-refractivity contribution in [1.29, 1.82) is 0 Å². The van der Waals surface area contributed by atoms with E-state index in [1.807, 2.05) is 24.3 Å². The number of nitrogens with zero attached hydrogens (tertiary/aromatic N) is 1. The third-order valence-corrected chi connectivity index (χ3v) is 6.07. The van der Waals surface area contributed by atoms with Gasteiger partial charge in [0.15, 0.2) is 0 Å². The number of thiophene rings is 1. The van der Waals surface area contributed by atoms with E-state index in [0.29, 0.717) is 5.69 Å². The van der Waals surface area contributed by atoms with Crippen LogP contribution >= 0.6 is 11.3 Å². The minimum absolute atomic E-state index is 0. The Morgan fingerprint density at radius 1 is 1.26 bits per heavy atom. The fraction of sp³-hybridized carbons (Fsp3) is 0.455. The second kappa shape index (κ2) is 12.7. The number of carbonyl (C=O) groups excluding carboxylic acids is 1. The van der Waals surface area contributed by atoms with Crippen molar-refractivity contribution < 1.29 is 62.0 Å². The molecule has 0 bridgehead atoms. The van der Waals surface area contributed by atoms with Gasteiger partial charge in [0, 0.05) is 43.3 Å². The fourth-order valence-corrected chi connectivity index (χ4v) is 4.16. The van der Waals surface area contributed by atoms with Crippen LogP contribution in [0, 0.1) is 0 Å². The summed E-state index contributed by atoms with van der Waals surface area (Å²) >= 11 is 1.17. The normalized spacial score (nSPS) is 16.6. The first kappa shape index (κ1) is 25.9.